The molecule has 0 radical (unpaired) electrons. The van der Waals surface area contributed by atoms with Crippen molar-refractivity contribution in [3.05, 3.63) is 58.6 Å². The molecular weight excluding hydrogens is 370 g/mol. The Kier molecular flexibility index (Phi) is 5.48. The van der Waals surface area contributed by atoms with Crippen molar-refractivity contribution >= 4 is 37.7 Å². The summed E-state index contributed by atoms with van der Waals surface area (Å²) in [6.07, 6.45) is 2.01. The number of sulfonamides is 1. The van der Waals surface area contributed by atoms with Gasteiger partial charge in [-0.25, -0.2) is 13.1 Å². The Bertz CT molecular complexity index is 697. The zero-order valence-electron chi connectivity index (χ0n) is 11.7. The fraction of sp³-hybridized carbons (Fsp3) is 0.200. The Morgan fingerprint density at radius 3 is 2.14 bits per heavy atom. The molecule has 0 unspecified atom stereocenters. The molecule has 0 spiro atoms. The Morgan fingerprint density at radius 1 is 1.05 bits per heavy atom. The lowest BCUT2D eigenvalue weighted by atomic mass is 10.1. The first-order valence-electron chi connectivity index (χ1n) is 6.34. The highest BCUT2D eigenvalue weighted by Gasteiger charge is 2.18. The third-order valence-electron chi connectivity index (χ3n) is 3.07. The van der Waals surface area contributed by atoms with Crippen LogP contribution in [0.3, 0.4) is 0 Å². The van der Waals surface area contributed by atoms with Gasteiger partial charge in [0.15, 0.2) is 0 Å². The van der Waals surface area contributed by atoms with Crippen LogP contribution in [0.2, 0.25) is 0 Å². The smallest absolute Gasteiger partial charge is 0.207 e. The molecule has 0 saturated carbocycles. The van der Waals surface area contributed by atoms with Crippen LogP contribution in [0.25, 0.3) is 0 Å². The molecule has 0 aliphatic rings. The predicted octanol–water partition coefficient (Wildman–Crippen LogP) is 4.21. The van der Waals surface area contributed by atoms with Gasteiger partial charge in [-0.2, -0.15) is 0 Å². The molecule has 0 fully saturated rings. The lowest BCUT2D eigenvalue weighted by molar-refractivity contribution is 0.567. The van der Waals surface area contributed by atoms with Gasteiger partial charge in [-0.05, 0) is 55.1 Å². The molecule has 2 aromatic rings. The summed E-state index contributed by atoms with van der Waals surface area (Å²) in [4.78, 5) is 1.42. The first kappa shape index (κ1) is 16.5. The van der Waals surface area contributed by atoms with E-state index in [2.05, 4.69) is 20.7 Å². The zero-order valence-corrected chi connectivity index (χ0v) is 14.9. The highest BCUT2D eigenvalue weighted by molar-refractivity contribution is 9.10. The molecule has 0 aliphatic heterocycles. The second-order valence-corrected chi connectivity index (χ2v) is 8.08. The molecule has 1 atom stereocenters. The number of nitrogens with one attached hydrogen (secondary N) is 1. The first-order chi connectivity index (χ1) is 9.92. The van der Waals surface area contributed by atoms with E-state index in [1.165, 1.54) is 0 Å². The van der Waals surface area contributed by atoms with E-state index in [4.69, 9.17) is 0 Å². The minimum atomic E-state index is -3.52. The summed E-state index contributed by atoms with van der Waals surface area (Å²) < 4.78 is 28.2. The maximum Gasteiger partial charge on any atom is 0.241 e. The van der Waals surface area contributed by atoms with Gasteiger partial charge in [-0.15, -0.1) is 11.8 Å². The SMILES string of the molecule is CSc1ccc([C@@H](C)NS(=O)(=O)c2ccc(Br)cc2)cc1. The predicted molar refractivity (Wildman–Crippen MR) is 91.1 cm³/mol. The van der Waals surface area contributed by atoms with Gasteiger partial charge >= 0.3 is 0 Å². The van der Waals surface area contributed by atoms with E-state index in [9.17, 15) is 8.42 Å². The standard InChI is InChI=1S/C15H16BrNO2S2/c1-11(12-3-7-14(20-2)8-4-12)17-21(18,19)15-9-5-13(16)6-10-15/h3-11,17H,1-2H3/t11-/m1/s1. The van der Waals surface area contributed by atoms with E-state index in [1.807, 2.05) is 37.4 Å². The molecule has 0 bridgehead atoms. The molecule has 3 nitrogen and oxygen atoms in total. The van der Waals surface area contributed by atoms with Gasteiger partial charge in [-0.3, -0.25) is 0 Å². The van der Waals surface area contributed by atoms with Crippen molar-refractivity contribution < 1.29 is 8.42 Å². The molecule has 1 N–H and O–H groups in total. The normalized spacial score (nSPS) is 13.1. The zero-order chi connectivity index (χ0) is 15.5. The summed E-state index contributed by atoms with van der Waals surface area (Å²) in [7, 11) is -3.52. The van der Waals surface area contributed by atoms with Gasteiger partial charge < -0.3 is 0 Å². The summed E-state index contributed by atoms with van der Waals surface area (Å²) in [6.45, 7) is 1.84. The van der Waals surface area contributed by atoms with Crippen molar-refractivity contribution in [2.45, 2.75) is 22.8 Å². The van der Waals surface area contributed by atoms with E-state index in [-0.39, 0.29) is 10.9 Å². The maximum absolute atomic E-state index is 12.3. The van der Waals surface area contributed by atoms with Crippen LogP contribution in [0.1, 0.15) is 18.5 Å². The van der Waals surface area contributed by atoms with E-state index in [1.54, 1.807) is 36.0 Å². The van der Waals surface area contributed by atoms with Gasteiger partial charge in [0, 0.05) is 15.4 Å². The minimum absolute atomic E-state index is 0.262. The Hall–Kier alpha value is -0.820. The van der Waals surface area contributed by atoms with Crippen LogP contribution in [-0.4, -0.2) is 14.7 Å². The average molecular weight is 386 g/mol. The summed E-state index contributed by atoms with van der Waals surface area (Å²) >= 11 is 4.95. The molecule has 112 valence electrons. The molecule has 21 heavy (non-hydrogen) atoms. The summed E-state index contributed by atoms with van der Waals surface area (Å²) in [5.74, 6) is 0. The first-order valence-corrected chi connectivity index (χ1v) is 9.84. The van der Waals surface area contributed by atoms with Gasteiger partial charge in [0.1, 0.15) is 0 Å². The molecule has 0 saturated heterocycles. The van der Waals surface area contributed by atoms with Crippen molar-refractivity contribution in [2.75, 3.05) is 6.26 Å². The van der Waals surface area contributed by atoms with Gasteiger partial charge in [0.25, 0.3) is 0 Å². The quantitative estimate of drug-likeness (QED) is 0.783. The Morgan fingerprint density at radius 2 is 1.62 bits per heavy atom. The number of thioether (sulfide) groups is 1. The largest absolute Gasteiger partial charge is 0.241 e. The molecule has 0 amide bonds. The van der Waals surface area contributed by atoms with Gasteiger partial charge in [-0.1, -0.05) is 28.1 Å². The summed E-state index contributed by atoms with van der Waals surface area (Å²) in [5.41, 5.74) is 0.938. The number of rotatable bonds is 5. The van der Waals surface area contributed by atoms with Crippen LogP contribution in [0.15, 0.2) is 62.8 Å². The minimum Gasteiger partial charge on any atom is -0.207 e. The van der Waals surface area contributed by atoms with Crippen molar-refractivity contribution in [1.29, 1.82) is 0 Å². The van der Waals surface area contributed by atoms with Crippen LogP contribution < -0.4 is 4.72 Å². The van der Waals surface area contributed by atoms with Crippen LogP contribution in [0.5, 0.6) is 0 Å². The van der Waals surface area contributed by atoms with E-state index in [0.717, 1.165) is 14.9 Å². The number of hydrogen-bond acceptors (Lipinski definition) is 3. The summed E-state index contributed by atoms with van der Waals surface area (Å²) in [6, 6.07) is 14.2. The van der Waals surface area contributed by atoms with Crippen molar-refractivity contribution in [1.82, 2.24) is 4.72 Å². The van der Waals surface area contributed by atoms with Crippen molar-refractivity contribution in [3.8, 4) is 0 Å². The average Bonchev–Trinajstić information content (AvgIpc) is 2.47. The van der Waals surface area contributed by atoms with E-state index < -0.39 is 10.0 Å². The molecule has 2 rings (SSSR count). The molecule has 2 aromatic carbocycles. The Balaban J connectivity index is 2.17. The fourth-order valence-electron chi connectivity index (χ4n) is 1.88. The highest BCUT2D eigenvalue weighted by atomic mass is 79.9. The lowest BCUT2D eigenvalue weighted by Gasteiger charge is -2.15. The van der Waals surface area contributed by atoms with Crippen LogP contribution in [-0.2, 0) is 10.0 Å². The topological polar surface area (TPSA) is 46.2 Å². The van der Waals surface area contributed by atoms with Crippen LogP contribution in [0, 0.1) is 0 Å². The van der Waals surface area contributed by atoms with E-state index >= 15 is 0 Å². The fourth-order valence-corrected chi connectivity index (χ4v) is 3.78. The number of hydrogen-bond donors (Lipinski definition) is 1. The monoisotopic (exact) mass is 385 g/mol. The molecule has 6 heteroatoms. The van der Waals surface area contributed by atoms with E-state index in [0.29, 0.717) is 0 Å². The third-order valence-corrected chi connectivity index (χ3v) is 5.90. The van der Waals surface area contributed by atoms with Crippen molar-refractivity contribution in [2.24, 2.45) is 0 Å². The molecular formula is C15H16BrNO2S2. The molecule has 0 aromatic heterocycles. The van der Waals surface area contributed by atoms with Gasteiger partial charge in [0.05, 0.1) is 4.90 Å². The number of benzene rings is 2. The molecule has 0 aliphatic carbocycles. The van der Waals surface area contributed by atoms with Crippen LogP contribution >= 0.6 is 27.7 Å². The third kappa shape index (κ3) is 4.32. The lowest BCUT2D eigenvalue weighted by Crippen LogP contribution is -2.26. The number of halogens is 1. The molecule has 0 heterocycles. The Labute approximate surface area is 138 Å². The second kappa shape index (κ2) is 6.96. The van der Waals surface area contributed by atoms with Gasteiger partial charge in [0.2, 0.25) is 10.0 Å². The maximum atomic E-state index is 12.3. The summed E-state index contributed by atoms with van der Waals surface area (Å²) in [5, 5.41) is 0. The highest BCUT2D eigenvalue weighted by Crippen LogP contribution is 2.21. The van der Waals surface area contributed by atoms with Crippen molar-refractivity contribution in [3.63, 3.8) is 0 Å². The van der Waals surface area contributed by atoms with Crippen LogP contribution in [0.4, 0.5) is 0 Å². The second-order valence-electron chi connectivity index (χ2n) is 4.57.